The zero-order chi connectivity index (χ0) is 25.2. The van der Waals surface area contributed by atoms with Crippen molar-refractivity contribution in [3.63, 3.8) is 0 Å². The number of fused-ring (bicyclic) bond motifs is 2. The van der Waals surface area contributed by atoms with E-state index in [1.807, 2.05) is 66.1 Å². The average molecular weight is 474 g/mol. The number of nitrogens with zero attached hydrogens (tertiary/aromatic N) is 3. The number of ketones is 1. The van der Waals surface area contributed by atoms with Crippen LogP contribution in [0.25, 0.3) is 33.6 Å². The lowest BCUT2D eigenvalue weighted by Gasteiger charge is -2.10. The van der Waals surface area contributed by atoms with Crippen LogP contribution in [-0.2, 0) is 11.3 Å². The Morgan fingerprint density at radius 1 is 1.08 bits per heavy atom. The molecule has 1 amide bonds. The van der Waals surface area contributed by atoms with Crippen LogP contribution in [0.1, 0.15) is 34.4 Å². The zero-order valence-corrected chi connectivity index (χ0v) is 19.9. The quantitative estimate of drug-likeness (QED) is 0.243. The minimum atomic E-state index is -0.215. The molecule has 0 spiro atoms. The molecule has 36 heavy (non-hydrogen) atoms. The van der Waals surface area contributed by atoms with E-state index in [1.165, 1.54) is 6.92 Å². The molecular formula is C29H23N5O2. The monoisotopic (exact) mass is 473 g/mol. The molecule has 2 aromatic heterocycles. The molecule has 0 radical (unpaired) electrons. The van der Waals surface area contributed by atoms with Gasteiger partial charge in [-0.2, -0.15) is 5.26 Å². The van der Waals surface area contributed by atoms with Crippen LogP contribution in [0, 0.1) is 18.3 Å². The molecule has 0 atom stereocenters. The van der Waals surface area contributed by atoms with Crippen molar-refractivity contribution >= 4 is 51.0 Å². The summed E-state index contributed by atoms with van der Waals surface area (Å²) in [4.78, 5) is 32.4. The van der Waals surface area contributed by atoms with E-state index in [0.29, 0.717) is 22.6 Å². The van der Waals surface area contributed by atoms with Crippen LogP contribution in [0.2, 0.25) is 0 Å². The van der Waals surface area contributed by atoms with Crippen molar-refractivity contribution in [2.24, 2.45) is 0 Å². The van der Waals surface area contributed by atoms with Crippen molar-refractivity contribution in [2.75, 3.05) is 5.32 Å². The second-order valence-corrected chi connectivity index (χ2v) is 8.56. The zero-order valence-electron chi connectivity index (χ0n) is 19.9. The molecular weight excluding hydrogens is 450 g/mol. The number of nitriles is 1. The van der Waals surface area contributed by atoms with Gasteiger partial charge in [-0.05, 0) is 50.3 Å². The van der Waals surface area contributed by atoms with Crippen molar-refractivity contribution < 1.29 is 9.59 Å². The third-order valence-corrected chi connectivity index (χ3v) is 6.19. The number of H-pyrrole nitrogens is 1. The van der Waals surface area contributed by atoms with Gasteiger partial charge >= 0.3 is 0 Å². The molecule has 0 aliphatic heterocycles. The first kappa shape index (κ1) is 22.8. The summed E-state index contributed by atoms with van der Waals surface area (Å²) in [5, 5.41) is 13.8. The molecule has 2 heterocycles. The lowest BCUT2D eigenvalue weighted by atomic mass is 10.1. The van der Waals surface area contributed by atoms with Gasteiger partial charge in [0.25, 0.3) is 0 Å². The average Bonchev–Trinajstić information content (AvgIpc) is 3.42. The maximum absolute atomic E-state index is 13.0. The van der Waals surface area contributed by atoms with Gasteiger partial charge in [0.2, 0.25) is 5.91 Å². The van der Waals surface area contributed by atoms with Gasteiger partial charge in [0.1, 0.15) is 18.4 Å². The minimum Gasteiger partial charge on any atom is -0.337 e. The number of nitrogens with one attached hydrogen (secondary N) is 2. The van der Waals surface area contributed by atoms with Crippen LogP contribution in [-0.4, -0.2) is 26.2 Å². The fourth-order valence-corrected chi connectivity index (χ4v) is 4.38. The van der Waals surface area contributed by atoms with Crippen molar-refractivity contribution in [3.8, 4) is 6.07 Å². The molecule has 5 rings (SSSR count). The molecule has 2 N–H and O–H groups in total. The number of imidazole rings is 1. The summed E-state index contributed by atoms with van der Waals surface area (Å²) in [5.41, 5.74) is 5.76. The molecule has 3 aromatic carbocycles. The SMILES string of the molecule is CC(=O)c1cccc(NC(=O)Cn2c(C)c(/C=C(\C#N)c3nc4ccccc4[nH]3)c3ccccc32)c1. The fourth-order valence-electron chi connectivity index (χ4n) is 4.38. The number of allylic oxidation sites excluding steroid dienone is 1. The third kappa shape index (κ3) is 4.28. The molecule has 0 fully saturated rings. The topological polar surface area (TPSA) is 104 Å². The van der Waals surface area contributed by atoms with Gasteiger partial charge in [-0.3, -0.25) is 9.59 Å². The number of benzene rings is 3. The van der Waals surface area contributed by atoms with E-state index in [4.69, 9.17) is 0 Å². The fraction of sp³-hybridized carbons (Fsp3) is 0.103. The van der Waals surface area contributed by atoms with Gasteiger partial charge in [0, 0.05) is 33.4 Å². The first-order chi connectivity index (χ1) is 17.4. The maximum Gasteiger partial charge on any atom is 0.244 e. The smallest absolute Gasteiger partial charge is 0.244 e. The van der Waals surface area contributed by atoms with Crippen molar-refractivity contribution in [1.29, 1.82) is 5.26 Å². The molecule has 0 aliphatic carbocycles. The van der Waals surface area contributed by atoms with Crippen LogP contribution >= 0.6 is 0 Å². The van der Waals surface area contributed by atoms with E-state index >= 15 is 0 Å². The summed E-state index contributed by atoms with van der Waals surface area (Å²) in [6.07, 6.45) is 1.82. The molecule has 0 unspecified atom stereocenters. The highest BCUT2D eigenvalue weighted by Gasteiger charge is 2.17. The lowest BCUT2D eigenvalue weighted by molar-refractivity contribution is -0.116. The standard InChI is InChI=1S/C29H23N5O2/c1-18-24(15-21(16-30)29-32-25-11-4-5-12-26(25)33-29)23-10-3-6-13-27(23)34(18)17-28(36)31-22-9-7-8-20(14-22)19(2)35/h3-15H,17H2,1-2H3,(H,31,36)(H,32,33)/b21-15+. The summed E-state index contributed by atoms with van der Waals surface area (Å²) in [7, 11) is 0. The van der Waals surface area contributed by atoms with E-state index in [2.05, 4.69) is 21.4 Å². The first-order valence-electron chi connectivity index (χ1n) is 11.5. The molecule has 0 saturated carbocycles. The predicted octanol–water partition coefficient (Wildman–Crippen LogP) is 5.73. The second-order valence-electron chi connectivity index (χ2n) is 8.56. The summed E-state index contributed by atoms with van der Waals surface area (Å²) in [6, 6.07) is 24.6. The Morgan fingerprint density at radius 3 is 2.64 bits per heavy atom. The van der Waals surface area contributed by atoms with Crippen molar-refractivity contribution in [2.45, 2.75) is 20.4 Å². The number of amides is 1. The largest absolute Gasteiger partial charge is 0.337 e. The highest BCUT2D eigenvalue weighted by molar-refractivity contribution is 6.01. The van der Waals surface area contributed by atoms with Crippen LogP contribution in [0.3, 0.4) is 0 Å². The van der Waals surface area contributed by atoms with Crippen molar-refractivity contribution in [1.82, 2.24) is 14.5 Å². The molecule has 0 bridgehead atoms. The number of aromatic nitrogens is 3. The van der Waals surface area contributed by atoms with Gasteiger partial charge in [-0.15, -0.1) is 0 Å². The van der Waals surface area contributed by atoms with Crippen LogP contribution in [0.5, 0.6) is 0 Å². The number of Topliss-reactive ketones (excluding diaryl/α,β-unsaturated/α-hetero) is 1. The van der Waals surface area contributed by atoms with E-state index in [-0.39, 0.29) is 18.2 Å². The normalized spacial score (nSPS) is 11.5. The minimum absolute atomic E-state index is 0.0625. The summed E-state index contributed by atoms with van der Waals surface area (Å²) < 4.78 is 1.93. The van der Waals surface area contributed by atoms with Gasteiger partial charge < -0.3 is 14.9 Å². The predicted molar refractivity (Wildman–Crippen MR) is 141 cm³/mol. The Balaban J connectivity index is 1.51. The second kappa shape index (κ2) is 9.35. The number of rotatable bonds is 6. The van der Waals surface area contributed by atoms with Gasteiger partial charge in [-0.25, -0.2) is 4.98 Å². The summed E-state index contributed by atoms with van der Waals surface area (Å²) in [6.45, 7) is 3.51. The molecule has 0 saturated heterocycles. The van der Waals surface area contributed by atoms with E-state index < -0.39 is 0 Å². The van der Waals surface area contributed by atoms with Gasteiger partial charge in [0.15, 0.2) is 5.78 Å². The number of anilines is 1. The number of carbonyl (C=O) groups is 2. The summed E-state index contributed by atoms with van der Waals surface area (Å²) >= 11 is 0. The molecule has 176 valence electrons. The van der Waals surface area contributed by atoms with Crippen LogP contribution in [0.4, 0.5) is 5.69 Å². The lowest BCUT2D eigenvalue weighted by Crippen LogP contribution is -2.19. The third-order valence-electron chi connectivity index (χ3n) is 6.19. The van der Waals surface area contributed by atoms with Crippen LogP contribution < -0.4 is 5.32 Å². The van der Waals surface area contributed by atoms with E-state index in [9.17, 15) is 14.9 Å². The van der Waals surface area contributed by atoms with E-state index in [1.54, 1.807) is 24.3 Å². The maximum atomic E-state index is 13.0. The molecule has 0 aliphatic rings. The number of hydrogen-bond acceptors (Lipinski definition) is 4. The Morgan fingerprint density at radius 2 is 1.86 bits per heavy atom. The summed E-state index contributed by atoms with van der Waals surface area (Å²) in [5.74, 6) is 0.221. The highest BCUT2D eigenvalue weighted by Crippen LogP contribution is 2.30. The Labute approximate surface area is 207 Å². The van der Waals surface area contributed by atoms with Crippen LogP contribution in [0.15, 0.2) is 72.8 Å². The van der Waals surface area contributed by atoms with E-state index in [0.717, 1.165) is 33.2 Å². The first-order valence-corrected chi connectivity index (χ1v) is 11.5. The number of carbonyl (C=O) groups excluding carboxylic acids is 2. The van der Waals surface area contributed by atoms with Gasteiger partial charge in [0.05, 0.1) is 16.6 Å². The van der Waals surface area contributed by atoms with Crippen molar-refractivity contribution in [3.05, 3.63) is 95.4 Å². The molecule has 7 nitrogen and oxygen atoms in total. The Hall–Kier alpha value is -4.96. The molecule has 7 heteroatoms. The Kier molecular flexibility index (Phi) is 5.93. The van der Waals surface area contributed by atoms with Gasteiger partial charge in [-0.1, -0.05) is 42.5 Å². The highest BCUT2D eigenvalue weighted by atomic mass is 16.2. The number of hydrogen-bond donors (Lipinski definition) is 2. The Bertz CT molecular complexity index is 1680. The molecule has 5 aromatic rings. The number of para-hydroxylation sites is 3. The number of aromatic amines is 1.